The Hall–Kier alpha value is -3.62. The van der Waals surface area contributed by atoms with Gasteiger partial charge in [-0.25, -0.2) is 0 Å². The van der Waals surface area contributed by atoms with Gasteiger partial charge in [-0.2, -0.15) is 10.2 Å². The third-order valence-electron chi connectivity index (χ3n) is 4.83. The van der Waals surface area contributed by atoms with E-state index in [0.717, 1.165) is 33.8 Å². The van der Waals surface area contributed by atoms with Crippen molar-refractivity contribution in [3.05, 3.63) is 47.3 Å². The summed E-state index contributed by atoms with van der Waals surface area (Å²) in [6.07, 6.45) is 2.22. The largest absolute Gasteiger partial charge is 0.497 e. The van der Waals surface area contributed by atoms with E-state index < -0.39 is 0 Å². The van der Waals surface area contributed by atoms with E-state index in [1.54, 1.807) is 7.11 Å². The number of ether oxygens (including phenoxy) is 1. The van der Waals surface area contributed by atoms with E-state index in [0.29, 0.717) is 12.2 Å². The van der Waals surface area contributed by atoms with Crippen molar-refractivity contribution < 1.29 is 19.4 Å². The summed E-state index contributed by atoms with van der Waals surface area (Å²) in [6, 6.07) is 7.79. The van der Waals surface area contributed by atoms with Crippen molar-refractivity contribution in [1.29, 1.82) is 0 Å². The molecule has 1 aliphatic rings. The summed E-state index contributed by atoms with van der Waals surface area (Å²) < 4.78 is 7.06. The number of carboxylic acid groups (broad SMARTS) is 1. The van der Waals surface area contributed by atoms with Crippen LogP contribution in [0.2, 0.25) is 0 Å². The van der Waals surface area contributed by atoms with E-state index in [2.05, 4.69) is 20.6 Å². The number of fused-ring (bicyclic) bond motifs is 1. The zero-order valence-corrected chi connectivity index (χ0v) is 15.8. The normalized spacial score (nSPS) is 15.1. The van der Waals surface area contributed by atoms with Gasteiger partial charge in [0.05, 0.1) is 19.0 Å². The van der Waals surface area contributed by atoms with Gasteiger partial charge in [-0.1, -0.05) is 0 Å². The number of H-pyrrole nitrogens is 1. The molecule has 3 N–H and O–H groups in total. The second kappa shape index (κ2) is 7.95. The number of carbonyl (C=O) groups excluding carboxylic acids is 1. The highest BCUT2D eigenvalue weighted by atomic mass is 16.5. The summed E-state index contributed by atoms with van der Waals surface area (Å²) >= 11 is 0. The lowest BCUT2D eigenvalue weighted by atomic mass is 9.84. The van der Waals surface area contributed by atoms with Gasteiger partial charge in [-0.15, -0.1) is 0 Å². The molecule has 3 heterocycles. The number of nitrogens with one attached hydrogen (secondary N) is 2. The first-order valence-electron chi connectivity index (χ1n) is 8.59. The first-order valence-corrected chi connectivity index (χ1v) is 8.59. The standard InChI is InChI=1S/C18H19N5O2.CH2O2/c1-10-14(9-19-23(10)2)13-8-15(24)20-18-16(13)17(21-22-18)11-4-6-12(25-3)7-5-11;2-1-3/h4-7,9,13H,8H2,1-3H3,(H2,20,21,22,24);1H,(H,2,3). The molecule has 146 valence electrons. The number of amides is 1. The van der Waals surface area contributed by atoms with Gasteiger partial charge in [0, 0.05) is 41.8 Å². The summed E-state index contributed by atoms with van der Waals surface area (Å²) in [5.41, 5.74) is 5.01. The molecule has 28 heavy (non-hydrogen) atoms. The van der Waals surface area contributed by atoms with Gasteiger partial charge in [-0.05, 0) is 31.2 Å². The van der Waals surface area contributed by atoms with Crippen LogP contribution >= 0.6 is 0 Å². The van der Waals surface area contributed by atoms with Crippen LogP contribution in [0, 0.1) is 6.92 Å². The summed E-state index contributed by atoms with van der Waals surface area (Å²) in [4.78, 5) is 20.5. The molecule has 1 aromatic carbocycles. The van der Waals surface area contributed by atoms with Gasteiger partial charge in [0.1, 0.15) is 5.75 Å². The van der Waals surface area contributed by atoms with E-state index >= 15 is 0 Å². The number of hydrogen-bond donors (Lipinski definition) is 3. The van der Waals surface area contributed by atoms with Crippen molar-refractivity contribution >= 4 is 18.2 Å². The SMILES string of the molecule is COc1ccc(-c2[nH]nc3c2C(c2cnn(C)c2C)CC(=O)N3)cc1.O=CO. The maximum atomic E-state index is 12.1. The number of rotatable bonds is 3. The van der Waals surface area contributed by atoms with E-state index in [1.165, 1.54) is 0 Å². The van der Waals surface area contributed by atoms with Gasteiger partial charge < -0.3 is 15.2 Å². The van der Waals surface area contributed by atoms with Gasteiger partial charge >= 0.3 is 0 Å². The predicted octanol–water partition coefficient (Wildman–Crippen LogP) is 2.30. The fourth-order valence-electron chi connectivity index (χ4n) is 3.36. The summed E-state index contributed by atoms with van der Waals surface area (Å²) in [5.74, 6) is 1.28. The summed E-state index contributed by atoms with van der Waals surface area (Å²) in [7, 11) is 3.55. The number of aromatic nitrogens is 4. The number of aryl methyl sites for hydroxylation is 1. The highest BCUT2D eigenvalue weighted by Gasteiger charge is 2.33. The lowest BCUT2D eigenvalue weighted by Gasteiger charge is -2.23. The fraction of sp³-hybridized carbons (Fsp3) is 0.263. The summed E-state index contributed by atoms with van der Waals surface area (Å²) in [5, 5.41) is 21.5. The molecule has 9 nitrogen and oxygen atoms in total. The average Bonchev–Trinajstić information content (AvgIpc) is 3.26. The third-order valence-corrected chi connectivity index (χ3v) is 4.83. The Morgan fingerprint density at radius 1 is 1.32 bits per heavy atom. The number of methoxy groups -OCH3 is 1. The molecule has 2 aromatic heterocycles. The quantitative estimate of drug-likeness (QED) is 0.597. The van der Waals surface area contributed by atoms with Crippen LogP contribution in [0.5, 0.6) is 5.75 Å². The minimum Gasteiger partial charge on any atom is -0.497 e. The van der Waals surface area contributed by atoms with Crippen molar-refractivity contribution in [2.75, 3.05) is 12.4 Å². The molecule has 1 atom stereocenters. The number of aromatic amines is 1. The lowest BCUT2D eigenvalue weighted by molar-refractivity contribution is -0.123. The van der Waals surface area contributed by atoms with Crippen LogP contribution in [0.1, 0.15) is 29.2 Å². The van der Waals surface area contributed by atoms with Gasteiger partial charge in [0.25, 0.3) is 6.47 Å². The second-order valence-corrected chi connectivity index (χ2v) is 6.31. The Morgan fingerprint density at radius 3 is 2.57 bits per heavy atom. The van der Waals surface area contributed by atoms with Crippen LogP contribution in [0.4, 0.5) is 5.82 Å². The zero-order chi connectivity index (χ0) is 20.3. The van der Waals surface area contributed by atoms with Crippen LogP contribution in [-0.4, -0.2) is 44.6 Å². The van der Waals surface area contributed by atoms with Crippen molar-refractivity contribution in [3.8, 4) is 17.0 Å². The van der Waals surface area contributed by atoms with Crippen LogP contribution in [0.3, 0.4) is 0 Å². The Morgan fingerprint density at radius 2 is 2.00 bits per heavy atom. The van der Waals surface area contributed by atoms with Crippen molar-refractivity contribution in [1.82, 2.24) is 20.0 Å². The van der Waals surface area contributed by atoms with Gasteiger partial charge in [0.15, 0.2) is 5.82 Å². The summed E-state index contributed by atoms with van der Waals surface area (Å²) in [6.45, 7) is 1.77. The monoisotopic (exact) mass is 383 g/mol. The van der Waals surface area contributed by atoms with Crippen LogP contribution < -0.4 is 10.1 Å². The number of carbonyl (C=O) groups is 2. The minimum atomic E-state index is -0.250. The molecule has 0 radical (unpaired) electrons. The van der Waals surface area contributed by atoms with Crippen molar-refractivity contribution in [2.45, 2.75) is 19.3 Å². The Labute approximate surface area is 161 Å². The second-order valence-electron chi connectivity index (χ2n) is 6.31. The molecule has 1 aliphatic heterocycles. The van der Waals surface area contributed by atoms with E-state index in [4.69, 9.17) is 14.6 Å². The van der Waals surface area contributed by atoms with Gasteiger partial charge in [0.2, 0.25) is 5.91 Å². The maximum Gasteiger partial charge on any atom is 0.290 e. The molecule has 0 saturated carbocycles. The molecule has 1 unspecified atom stereocenters. The first-order chi connectivity index (χ1) is 13.5. The fourth-order valence-corrected chi connectivity index (χ4v) is 3.36. The van der Waals surface area contributed by atoms with Crippen LogP contribution in [0.15, 0.2) is 30.5 Å². The third kappa shape index (κ3) is 3.46. The molecule has 9 heteroatoms. The topological polar surface area (TPSA) is 122 Å². The van der Waals surface area contributed by atoms with Crippen LogP contribution in [0.25, 0.3) is 11.3 Å². The van der Waals surface area contributed by atoms with Crippen molar-refractivity contribution in [2.24, 2.45) is 7.05 Å². The molecule has 0 saturated heterocycles. The first kappa shape index (κ1) is 19.2. The lowest BCUT2D eigenvalue weighted by Crippen LogP contribution is -2.23. The highest BCUT2D eigenvalue weighted by Crippen LogP contribution is 2.42. The molecule has 0 bridgehead atoms. The smallest absolute Gasteiger partial charge is 0.290 e. The number of hydrogen-bond acceptors (Lipinski definition) is 5. The number of anilines is 1. The molecule has 0 spiro atoms. The molecule has 1 amide bonds. The zero-order valence-electron chi connectivity index (χ0n) is 15.8. The average molecular weight is 383 g/mol. The Balaban J connectivity index is 0.000000706. The van der Waals surface area contributed by atoms with Gasteiger partial charge in [-0.3, -0.25) is 19.4 Å². The predicted molar refractivity (Wildman–Crippen MR) is 102 cm³/mol. The van der Waals surface area contributed by atoms with Crippen molar-refractivity contribution in [3.63, 3.8) is 0 Å². The van der Waals surface area contributed by atoms with E-state index in [1.807, 2.05) is 49.1 Å². The minimum absolute atomic E-state index is 0.0338. The highest BCUT2D eigenvalue weighted by molar-refractivity contribution is 5.96. The molecule has 4 rings (SSSR count). The van der Waals surface area contributed by atoms with E-state index in [-0.39, 0.29) is 18.3 Å². The van der Waals surface area contributed by atoms with Crippen LogP contribution in [-0.2, 0) is 16.6 Å². The Kier molecular flexibility index (Phi) is 5.44. The molecular weight excluding hydrogens is 362 g/mol. The maximum absolute atomic E-state index is 12.1. The van der Waals surface area contributed by atoms with E-state index in [9.17, 15) is 4.79 Å². The molecule has 0 fully saturated rings. The number of benzene rings is 1. The molecule has 3 aromatic rings. The molecule has 0 aliphatic carbocycles. The number of nitrogens with zero attached hydrogens (tertiary/aromatic N) is 3. The Bertz CT molecular complexity index is 990. The molecular formula is C19H21N5O4.